The van der Waals surface area contributed by atoms with Crippen molar-refractivity contribution in [2.75, 3.05) is 18.8 Å². The van der Waals surface area contributed by atoms with Crippen molar-refractivity contribution < 1.29 is 9.50 Å². The number of nitrogens with zero attached hydrogens (tertiary/aromatic N) is 5. The van der Waals surface area contributed by atoms with Crippen molar-refractivity contribution in [2.24, 2.45) is 0 Å². The lowest BCUT2D eigenvalue weighted by molar-refractivity contribution is 0.167. The second kappa shape index (κ2) is 12.5. The minimum absolute atomic E-state index is 0.0780. The number of aliphatic hydroxyl groups is 1. The summed E-state index contributed by atoms with van der Waals surface area (Å²) < 4.78 is 23.0. The average molecular weight is 544 g/mol. The van der Waals surface area contributed by atoms with Gasteiger partial charge in [-0.2, -0.15) is 4.37 Å². The molecule has 4 rings (SSSR count). The summed E-state index contributed by atoms with van der Waals surface area (Å²) in [6.45, 7) is 5.54. The van der Waals surface area contributed by atoms with Gasteiger partial charge >= 0.3 is 5.69 Å². The maximum atomic E-state index is 14.3. The number of hydrogen-bond acceptors (Lipinski definition) is 8. The number of rotatable bonds is 13. The molecular formula is C26H34FN7O3S. The Hall–Kier alpha value is -3.35. The maximum Gasteiger partial charge on any atom is 0.332 e. The Kier molecular flexibility index (Phi) is 9.08. The van der Waals surface area contributed by atoms with Crippen LogP contribution in [0.1, 0.15) is 43.8 Å². The number of hydrogen-bond donors (Lipinski definition) is 3. The fourth-order valence-electron chi connectivity index (χ4n) is 4.45. The molecular weight excluding hydrogens is 509 g/mol. The first-order valence-corrected chi connectivity index (χ1v) is 13.7. The van der Waals surface area contributed by atoms with Crippen molar-refractivity contribution in [3.63, 3.8) is 0 Å². The number of nitrogens with one attached hydrogen (secondary N) is 1. The van der Waals surface area contributed by atoms with Crippen LogP contribution in [0.5, 0.6) is 0 Å². The van der Waals surface area contributed by atoms with Gasteiger partial charge in [0.15, 0.2) is 17.0 Å². The number of aromatic nitrogens is 5. The van der Waals surface area contributed by atoms with Gasteiger partial charge in [-0.3, -0.25) is 13.9 Å². The summed E-state index contributed by atoms with van der Waals surface area (Å²) in [5.74, 6) is 0.0134. The summed E-state index contributed by atoms with van der Waals surface area (Å²) >= 11 is 1.02. The normalized spacial score (nSPS) is 12.4. The summed E-state index contributed by atoms with van der Waals surface area (Å²) in [5, 5.41) is 14.4. The van der Waals surface area contributed by atoms with E-state index in [2.05, 4.69) is 9.69 Å². The van der Waals surface area contributed by atoms with Crippen LogP contribution in [-0.4, -0.2) is 47.4 Å². The molecule has 204 valence electrons. The molecule has 0 fully saturated rings. The van der Waals surface area contributed by atoms with Crippen molar-refractivity contribution in [2.45, 2.75) is 65.3 Å². The van der Waals surface area contributed by atoms with E-state index in [0.29, 0.717) is 55.9 Å². The molecule has 0 amide bonds. The van der Waals surface area contributed by atoms with E-state index in [1.54, 1.807) is 4.57 Å². The van der Waals surface area contributed by atoms with Gasteiger partial charge in [0.1, 0.15) is 5.82 Å². The second-order valence-electron chi connectivity index (χ2n) is 9.24. The molecule has 1 aromatic carbocycles. The average Bonchev–Trinajstić information content (AvgIpc) is 3.48. The zero-order chi connectivity index (χ0) is 27.2. The first-order valence-electron chi connectivity index (χ1n) is 12.9. The molecule has 3 aromatic heterocycles. The predicted molar refractivity (Wildman–Crippen MR) is 147 cm³/mol. The summed E-state index contributed by atoms with van der Waals surface area (Å²) in [4.78, 5) is 31.8. The van der Waals surface area contributed by atoms with Gasteiger partial charge in [-0.05, 0) is 42.4 Å². The van der Waals surface area contributed by atoms with Crippen LogP contribution >= 0.6 is 11.5 Å². The highest BCUT2D eigenvalue weighted by atomic mass is 32.1. The van der Waals surface area contributed by atoms with Gasteiger partial charge in [-0.15, -0.1) is 0 Å². The lowest BCUT2D eigenvalue weighted by atomic mass is 10.1. The van der Waals surface area contributed by atoms with E-state index in [4.69, 9.17) is 10.7 Å². The molecule has 0 bridgehead atoms. The van der Waals surface area contributed by atoms with Crippen LogP contribution in [0.15, 0.2) is 39.2 Å². The van der Waals surface area contributed by atoms with Crippen molar-refractivity contribution in [1.82, 2.24) is 28.4 Å². The van der Waals surface area contributed by atoms with Gasteiger partial charge in [-0.25, -0.2) is 14.2 Å². The Morgan fingerprint density at radius 2 is 1.92 bits per heavy atom. The minimum Gasteiger partial charge on any atom is -0.399 e. The summed E-state index contributed by atoms with van der Waals surface area (Å²) in [7, 11) is 0. The molecule has 0 radical (unpaired) electrons. The fraction of sp³-hybridized carbons (Fsp3) is 0.462. The zero-order valence-electron chi connectivity index (χ0n) is 21.7. The Balaban J connectivity index is 1.82. The van der Waals surface area contributed by atoms with Crippen molar-refractivity contribution in [3.8, 4) is 0 Å². The Labute approximate surface area is 223 Å². The Bertz CT molecular complexity index is 1510. The van der Waals surface area contributed by atoms with Gasteiger partial charge in [0.2, 0.25) is 0 Å². The highest BCUT2D eigenvalue weighted by molar-refractivity contribution is 7.03. The van der Waals surface area contributed by atoms with Gasteiger partial charge < -0.3 is 20.7 Å². The maximum absolute atomic E-state index is 14.3. The van der Waals surface area contributed by atoms with Gasteiger partial charge in [-0.1, -0.05) is 32.0 Å². The first-order chi connectivity index (χ1) is 18.3. The Morgan fingerprint density at radius 1 is 1.13 bits per heavy atom. The first kappa shape index (κ1) is 27.7. The van der Waals surface area contributed by atoms with Crippen LogP contribution in [0, 0.1) is 5.82 Å². The van der Waals surface area contributed by atoms with Gasteiger partial charge in [0, 0.05) is 43.8 Å². The van der Waals surface area contributed by atoms with Crippen LogP contribution < -0.4 is 22.3 Å². The number of aliphatic hydroxyl groups excluding tert-OH is 1. The van der Waals surface area contributed by atoms with Gasteiger partial charge in [0.25, 0.3) is 5.56 Å². The molecule has 1 atom stereocenters. The monoisotopic (exact) mass is 543 g/mol. The summed E-state index contributed by atoms with van der Waals surface area (Å²) in [6.07, 6.45) is 1.30. The lowest BCUT2D eigenvalue weighted by Crippen LogP contribution is -2.41. The van der Waals surface area contributed by atoms with E-state index in [9.17, 15) is 19.1 Å². The zero-order valence-corrected chi connectivity index (χ0v) is 22.5. The van der Waals surface area contributed by atoms with Crippen LogP contribution in [0.4, 0.5) is 10.1 Å². The molecule has 0 saturated heterocycles. The third-order valence-electron chi connectivity index (χ3n) is 6.58. The van der Waals surface area contributed by atoms with Crippen LogP contribution in [0.3, 0.4) is 0 Å². The fourth-order valence-corrected chi connectivity index (χ4v) is 5.01. The van der Waals surface area contributed by atoms with Crippen molar-refractivity contribution >= 4 is 28.4 Å². The highest BCUT2D eigenvalue weighted by Gasteiger charge is 2.23. The van der Waals surface area contributed by atoms with E-state index >= 15 is 0 Å². The van der Waals surface area contributed by atoms with E-state index in [1.165, 1.54) is 14.5 Å². The number of benzene rings is 1. The second-order valence-corrected chi connectivity index (χ2v) is 9.87. The molecule has 1 unspecified atom stereocenters. The molecule has 0 aliphatic heterocycles. The third-order valence-corrected chi connectivity index (χ3v) is 7.22. The lowest BCUT2D eigenvalue weighted by Gasteiger charge is -2.14. The van der Waals surface area contributed by atoms with E-state index in [-0.39, 0.29) is 30.9 Å². The SMILES string of the molecule is CCCn1c(=O)c2c(nc(Cc3nscc3F)n2CCNCC(O)CC)n(CCc2ccccc2N)c1=O. The number of para-hydroxylation sites is 1. The molecule has 38 heavy (non-hydrogen) atoms. The van der Waals surface area contributed by atoms with Crippen LogP contribution in [0.2, 0.25) is 0 Å². The van der Waals surface area contributed by atoms with Crippen LogP contribution in [0.25, 0.3) is 11.2 Å². The highest BCUT2D eigenvalue weighted by Crippen LogP contribution is 2.19. The predicted octanol–water partition coefficient (Wildman–Crippen LogP) is 2.14. The topological polar surface area (TPSA) is 133 Å². The third kappa shape index (κ3) is 5.87. The molecule has 0 aliphatic carbocycles. The van der Waals surface area contributed by atoms with Crippen LogP contribution in [-0.2, 0) is 32.5 Å². The van der Waals surface area contributed by atoms with E-state index < -0.39 is 23.2 Å². The number of anilines is 1. The number of fused-ring (bicyclic) bond motifs is 1. The minimum atomic E-state index is -0.476. The molecule has 4 N–H and O–H groups in total. The molecule has 12 heteroatoms. The Morgan fingerprint density at radius 3 is 2.61 bits per heavy atom. The smallest absolute Gasteiger partial charge is 0.332 e. The summed E-state index contributed by atoms with van der Waals surface area (Å²) in [6, 6.07) is 7.46. The number of nitrogens with two attached hydrogens (primary N) is 1. The molecule has 0 saturated carbocycles. The molecule has 4 aromatic rings. The van der Waals surface area contributed by atoms with E-state index in [0.717, 1.165) is 17.1 Å². The summed E-state index contributed by atoms with van der Waals surface area (Å²) in [5.41, 5.74) is 7.59. The van der Waals surface area contributed by atoms with Gasteiger partial charge in [0.05, 0.1) is 18.2 Å². The quantitative estimate of drug-likeness (QED) is 0.174. The van der Waals surface area contributed by atoms with E-state index in [1.807, 2.05) is 38.1 Å². The number of aryl methyl sites for hydroxylation is 2. The number of nitrogen functional groups attached to an aromatic ring is 1. The number of halogens is 1. The van der Waals surface area contributed by atoms with Crippen molar-refractivity contribution in [1.29, 1.82) is 0 Å². The largest absolute Gasteiger partial charge is 0.399 e. The molecule has 3 heterocycles. The standard InChI is InChI=1S/C26H34FN7O3S/c1-3-11-34-25(36)23-24(33(26(34)37)12-9-17-7-5-6-8-20(17)28)30-22(14-21-19(27)16-38-31-21)32(23)13-10-29-15-18(35)4-2/h5-8,16,18,29,35H,3-4,9-15,28H2,1-2H3. The molecule has 0 spiro atoms. The number of imidazole rings is 1. The molecule has 10 nitrogen and oxygen atoms in total. The van der Waals surface area contributed by atoms with Crippen molar-refractivity contribution in [3.05, 3.63) is 73.4 Å². The molecule has 0 aliphatic rings.